The minimum absolute atomic E-state index is 0.640. The number of hydrogen-bond acceptors (Lipinski definition) is 4. The number of fused-ring (bicyclic) bond motifs is 1. The van der Waals surface area contributed by atoms with Crippen molar-refractivity contribution in [1.82, 2.24) is 4.90 Å². The lowest BCUT2D eigenvalue weighted by atomic mass is 9.99. The second-order valence-corrected chi connectivity index (χ2v) is 7.55. The molecule has 2 aliphatic heterocycles. The van der Waals surface area contributed by atoms with Gasteiger partial charge in [0.2, 0.25) is 0 Å². The summed E-state index contributed by atoms with van der Waals surface area (Å²) in [7, 11) is 0. The van der Waals surface area contributed by atoms with E-state index in [1.165, 1.54) is 37.2 Å². The van der Waals surface area contributed by atoms with Crippen LogP contribution in [-0.2, 0) is 6.54 Å². The summed E-state index contributed by atoms with van der Waals surface area (Å²) in [5.41, 5.74) is 1.30. The Bertz CT molecular complexity index is 495. The first kappa shape index (κ1) is 15.5. The highest BCUT2D eigenvalue weighted by Gasteiger charge is 2.21. The molecule has 3 nitrogen and oxygen atoms in total. The van der Waals surface area contributed by atoms with Gasteiger partial charge in [0.1, 0.15) is 13.2 Å². The van der Waals surface area contributed by atoms with E-state index in [2.05, 4.69) is 33.2 Å². The second-order valence-electron chi connectivity index (χ2n) is 5.79. The van der Waals surface area contributed by atoms with Crippen molar-refractivity contribution in [3.63, 3.8) is 0 Å². The molecule has 1 fully saturated rings. The fraction of sp³-hybridized carbons (Fsp3) is 0.625. The van der Waals surface area contributed by atoms with Gasteiger partial charge >= 0.3 is 0 Å². The van der Waals surface area contributed by atoms with E-state index in [1.54, 1.807) is 0 Å². The molecule has 116 valence electrons. The van der Waals surface area contributed by atoms with Gasteiger partial charge in [-0.3, -0.25) is 4.90 Å². The van der Waals surface area contributed by atoms with Crippen molar-refractivity contribution < 1.29 is 9.47 Å². The summed E-state index contributed by atoms with van der Waals surface area (Å²) in [4.78, 5) is 2.57. The van der Waals surface area contributed by atoms with Crippen LogP contribution in [-0.4, -0.2) is 43.2 Å². The molecule has 0 aliphatic carbocycles. The Morgan fingerprint density at radius 3 is 2.81 bits per heavy atom. The number of ether oxygens (including phenoxy) is 2. The Labute approximate surface area is 139 Å². The highest BCUT2D eigenvalue weighted by atomic mass is 79.9. The molecule has 0 bridgehead atoms. The van der Waals surface area contributed by atoms with E-state index in [0.29, 0.717) is 13.2 Å². The quantitative estimate of drug-likeness (QED) is 0.802. The van der Waals surface area contributed by atoms with Gasteiger partial charge < -0.3 is 9.47 Å². The molecule has 1 saturated heterocycles. The Balaban J connectivity index is 1.69. The van der Waals surface area contributed by atoms with Gasteiger partial charge in [-0.2, -0.15) is 11.8 Å². The van der Waals surface area contributed by atoms with Crippen molar-refractivity contribution in [1.29, 1.82) is 0 Å². The molecule has 2 heterocycles. The predicted octanol–water partition coefficient (Wildman–Crippen LogP) is 3.80. The van der Waals surface area contributed by atoms with E-state index in [4.69, 9.17) is 9.47 Å². The molecule has 3 rings (SSSR count). The van der Waals surface area contributed by atoms with Gasteiger partial charge in [0.05, 0.1) is 0 Å². The summed E-state index contributed by atoms with van der Waals surface area (Å²) >= 11 is 5.65. The maximum absolute atomic E-state index is 5.70. The number of halogens is 1. The molecule has 0 spiro atoms. The number of likely N-dealkylation sites (tertiary alicyclic amines) is 1. The summed E-state index contributed by atoms with van der Waals surface area (Å²) in [6.07, 6.45) is 4.89. The SMILES string of the molecule is CSC[C@@H]1CCCN(Cc2cc3c(cc2Br)OCCO3)C1. The molecule has 0 N–H and O–H groups in total. The topological polar surface area (TPSA) is 21.7 Å². The largest absolute Gasteiger partial charge is 0.486 e. The zero-order valence-electron chi connectivity index (χ0n) is 12.4. The number of rotatable bonds is 4. The summed E-state index contributed by atoms with van der Waals surface area (Å²) in [5.74, 6) is 3.86. The minimum atomic E-state index is 0.640. The lowest BCUT2D eigenvalue weighted by Gasteiger charge is -2.33. The molecule has 0 radical (unpaired) electrons. The van der Waals surface area contributed by atoms with Gasteiger partial charge in [-0.1, -0.05) is 15.9 Å². The summed E-state index contributed by atoms with van der Waals surface area (Å²) < 4.78 is 12.5. The summed E-state index contributed by atoms with van der Waals surface area (Å²) in [6.45, 7) is 4.68. The van der Waals surface area contributed by atoms with Crippen LogP contribution in [0.3, 0.4) is 0 Å². The number of nitrogens with zero attached hydrogens (tertiary/aromatic N) is 1. The van der Waals surface area contributed by atoms with Gasteiger partial charge in [0, 0.05) is 17.6 Å². The average Bonchev–Trinajstić information content (AvgIpc) is 2.49. The molecule has 0 saturated carbocycles. The molecule has 5 heteroatoms. The molecule has 1 aromatic rings. The van der Waals surface area contributed by atoms with Crippen LogP contribution in [0.4, 0.5) is 0 Å². The van der Waals surface area contributed by atoms with Crippen molar-refractivity contribution in [2.75, 3.05) is 38.3 Å². The van der Waals surface area contributed by atoms with E-state index < -0.39 is 0 Å². The van der Waals surface area contributed by atoms with E-state index in [1.807, 2.05) is 17.8 Å². The third-order valence-electron chi connectivity index (χ3n) is 4.11. The fourth-order valence-electron chi connectivity index (χ4n) is 3.13. The number of piperidine rings is 1. The first-order valence-corrected chi connectivity index (χ1v) is 9.74. The zero-order valence-corrected chi connectivity index (χ0v) is 14.8. The maximum atomic E-state index is 5.70. The summed E-state index contributed by atoms with van der Waals surface area (Å²) in [5, 5.41) is 0. The summed E-state index contributed by atoms with van der Waals surface area (Å²) in [6, 6.07) is 4.18. The van der Waals surface area contributed by atoms with E-state index in [9.17, 15) is 0 Å². The van der Waals surface area contributed by atoms with Gasteiger partial charge in [0.25, 0.3) is 0 Å². The van der Waals surface area contributed by atoms with E-state index >= 15 is 0 Å². The molecule has 0 amide bonds. The fourth-order valence-corrected chi connectivity index (χ4v) is 4.33. The molecule has 2 aliphatic rings. The van der Waals surface area contributed by atoms with Crippen LogP contribution < -0.4 is 9.47 Å². The Morgan fingerprint density at radius 1 is 1.29 bits per heavy atom. The maximum Gasteiger partial charge on any atom is 0.162 e. The van der Waals surface area contributed by atoms with Crippen molar-refractivity contribution >= 4 is 27.7 Å². The van der Waals surface area contributed by atoms with Crippen molar-refractivity contribution in [3.8, 4) is 11.5 Å². The van der Waals surface area contributed by atoms with Crippen LogP contribution in [0.2, 0.25) is 0 Å². The average molecular weight is 372 g/mol. The van der Waals surface area contributed by atoms with Crippen LogP contribution in [0.1, 0.15) is 18.4 Å². The van der Waals surface area contributed by atoms with Gasteiger partial charge in [0.15, 0.2) is 11.5 Å². The van der Waals surface area contributed by atoms with Gasteiger partial charge in [-0.15, -0.1) is 0 Å². The molecule has 1 atom stereocenters. The van der Waals surface area contributed by atoms with Crippen LogP contribution in [0.15, 0.2) is 16.6 Å². The van der Waals surface area contributed by atoms with Crippen LogP contribution in [0, 0.1) is 5.92 Å². The molecular formula is C16H22BrNO2S. The standard InChI is InChI=1S/C16H22BrNO2S/c1-21-11-12-3-2-4-18(9-12)10-13-7-15-16(8-14(13)17)20-6-5-19-15/h7-8,12H,2-6,9-11H2,1H3/t12-/m1/s1. The molecule has 21 heavy (non-hydrogen) atoms. The molecule has 1 aromatic carbocycles. The number of benzene rings is 1. The lowest BCUT2D eigenvalue weighted by Crippen LogP contribution is -2.35. The third-order valence-corrected chi connectivity index (χ3v) is 5.65. The Hall–Kier alpha value is -0.390. The van der Waals surface area contributed by atoms with Crippen LogP contribution >= 0.6 is 27.7 Å². The normalized spacial score (nSPS) is 22.3. The molecule has 0 unspecified atom stereocenters. The van der Waals surface area contributed by atoms with Gasteiger partial charge in [-0.25, -0.2) is 0 Å². The highest BCUT2D eigenvalue weighted by molar-refractivity contribution is 9.10. The molecular weight excluding hydrogens is 350 g/mol. The third kappa shape index (κ3) is 3.88. The minimum Gasteiger partial charge on any atom is -0.486 e. The Kier molecular flexibility index (Phi) is 5.35. The number of thioether (sulfide) groups is 1. The first-order valence-electron chi connectivity index (χ1n) is 7.55. The van der Waals surface area contributed by atoms with Crippen LogP contribution in [0.25, 0.3) is 0 Å². The van der Waals surface area contributed by atoms with Crippen LogP contribution in [0.5, 0.6) is 11.5 Å². The Morgan fingerprint density at radius 2 is 2.05 bits per heavy atom. The predicted molar refractivity (Wildman–Crippen MR) is 91.5 cm³/mol. The van der Waals surface area contributed by atoms with Crippen molar-refractivity contribution in [2.24, 2.45) is 5.92 Å². The van der Waals surface area contributed by atoms with Crippen molar-refractivity contribution in [3.05, 3.63) is 22.2 Å². The van der Waals surface area contributed by atoms with Gasteiger partial charge in [-0.05, 0) is 55.0 Å². The number of hydrogen-bond donors (Lipinski definition) is 0. The first-order chi connectivity index (χ1) is 10.3. The van der Waals surface area contributed by atoms with Crippen molar-refractivity contribution in [2.45, 2.75) is 19.4 Å². The zero-order chi connectivity index (χ0) is 14.7. The smallest absolute Gasteiger partial charge is 0.162 e. The monoisotopic (exact) mass is 371 g/mol. The highest BCUT2D eigenvalue weighted by Crippen LogP contribution is 2.36. The molecule has 0 aromatic heterocycles. The van der Waals surface area contributed by atoms with E-state index in [0.717, 1.165) is 28.4 Å². The second kappa shape index (κ2) is 7.25. The lowest BCUT2D eigenvalue weighted by molar-refractivity contribution is 0.167. The van der Waals surface area contributed by atoms with E-state index in [-0.39, 0.29) is 0 Å².